The molecule has 0 spiro atoms. The van der Waals surface area contributed by atoms with Gasteiger partial charge in [-0.3, -0.25) is 4.79 Å². The molecule has 6 nitrogen and oxygen atoms in total. The largest absolute Gasteiger partial charge is 0.455 e. The number of carbonyl (C=O) groups excluding carboxylic acids is 1. The van der Waals surface area contributed by atoms with E-state index < -0.39 is 17.6 Å². The van der Waals surface area contributed by atoms with Gasteiger partial charge in [0.2, 0.25) is 5.78 Å². The lowest BCUT2D eigenvalue weighted by molar-refractivity contribution is -0.0685. The highest BCUT2D eigenvalue weighted by Gasteiger charge is 2.57. The molecule has 1 aromatic heterocycles. The van der Waals surface area contributed by atoms with Gasteiger partial charge in [-0.1, -0.05) is 41.4 Å². The molecule has 0 unspecified atom stereocenters. The van der Waals surface area contributed by atoms with E-state index in [4.69, 9.17) is 27.9 Å². The Morgan fingerprint density at radius 2 is 2.04 bits per heavy atom. The molecule has 0 amide bonds. The fourth-order valence-corrected chi connectivity index (χ4v) is 3.42. The molecule has 2 aromatic carbocycles. The predicted molar refractivity (Wildman–Crippen MR) is 90.8 cm³/mol. The summed E-state index contributed by atoms with van der Waals surface area (Å²) < 4.78 is 7.12. The van der Waals surface area contributed by atoms with E-state index in [1.165, 1.54) is 29.5 Å². The Balaban J connectivity index is 1.91. The first-order valence-electron chi connectivity index (χ1n) is 7.35. The molecular formula is C17H11Cl2N3O3. The summed E-state index contributed by atoms with van der Waals surface area (Å²) in [6.45, 7) is 0. The van der Waals surface area contributed by atoms with Crippen LogP contribution >= 0.6 is 23.2 Å². The third-order valence-electron chi connectivity index (χ3n) is 4.11. The molecule has 2 heterocycles. The van der Waals surface area contributed by atoms with Crippen LogP contribution in [0.4, 0.5) is 0 Å². The van der Waals surface area contributed by atoms with E-state index in [1.807, 2.05) is 0 Å². The van der Waals surface area contributed by atoms with Crippen LogP contribution in [0.1, 0.15) is 22.0 Å². The summed E-state index contributed by atoms with van der Waals surface area (Å²) in [5.41, 5.74) is -1.19. The number of ether oxygens (including phenoxy) is 1. The van der Waals surface area contributed by atoms with Gasteiger partial charge in [-0.2, -0.15) is 5.10 Å². The number of carbonyl (C=O) groups is 1. The number of benzene rings is 2. The summed E-state index contributed by atoms with van der Waals surface area (Å²) in [6, 6.07) is 11.4. The van der Waals surface area contributed by atoms with Crippen molar-refractivity contribution >= 4 is 29.0 Å². The number of hydrogen-bond acceptors (Lipinski definition) is 5. The lowest BCUT2D eigenvalue weighted by Crippen LogP contribution is -2.49. The van der Waals surface area contributed by atoms with Crippen LogP contribution in [-0.4, -0.2) is 25.7 Å². The topological polar surface area (TPSA) is 77.2 Å². The van der Waals surface area contributed by atoms with Crippen molar-refractivity contribution in [1.29, 1.82) is 0 Å². The maximum atomic E-state index is 13.4. The van der Waals surface area contributed by atoms with Crippen molar-refractivity contribution in [2.24, 2.45) is 0 Å². The Morgan fingerprint density at radius 3 is 2.72 bits per heavy atom. The summed E-state index contributed by atoms with van der Waals surface area (Å²) in [4.78, 5) is 17.3. The summed E-state index contributed by atoms with van der Waals surface area (Å²) >= 11 is 12.1. The molecule has 0 bridgehead atoms. The maximum Gasteiger partial charge on any atom is 0.296 e. The molecular weight excluding hydrogens is 365 g/mol. The van der Waals surface area contributed by atoms with E-state index in [1.54, 1.807) is 30.3 Å². The quantitative estimate of drug-likeness (QED) is 0.711. The standard InChI is InChI=1S/C17H11Cl2N3O3/c18-10-5-6-11(13(19)7-10)15(23)17(22-9-20-8-21-22)16(24)12-3-1-2-4-14(12)25-17/h1-9,16,24H/t16-,17+/m1/s1. The molecule has 126 valence electrons. The first-order valence-corrected chi connectivity index (χ1v) is 8.10. The molecule has 4 rings (SSSR count). The highest BCUT2D eigenvalue weighted by Crippen LogP contribution is 2.47. The lowest BCUT2D eigenvalue weighted by Gasteiger charge is -2.30. The van der Waals surface area contributed by atoms with E-state index in [0.29, 0.717) is 16.3 Å². The summed E-state index contributed by atoms with van der Waals surface area (Å²) in [7, 11) is 0. The number of nitrogens with zero attached hydrogens (tertiary/aromatic N) is 3. The summed E-state index contributed by atoms with van der Waals surface area (Å²) in [5, 5.41) is 15.5. The zero-order chi connectivity index (χ0) is 17.6. The van der Waals surface area contributed by atoms with Gasteiger partial charge >= 0.3 is 0 Å². The smallest absolute Gasteiger partial charge is 0.296 e. The van der Waals surface area contributed by atoms with Gasteiger partial charge in [0.25, 0.3) is 5.72 Å². The van der Waals surface area contributed by atoms with Crippen molar-refractivity contribution in [2.75, 3.05) is 0 Å². The fourth-order valence-electron chi connectivity index (χ4n) is 2.93. The van der Waals surface area contributed by atoms with Crippen molar-refractivity contribution in [2.45, 2.75) is 11.8 Å². The minimum Gasteiger partial charge on any atom is -0.455 e. The number of hydrogen-bond donors (Lipinski definition) is 1. The van der Waals surface area contributed by atoms with E-state index in [2.05, 4.69) is 10.1 Å². The van der Waals surface area contributed by atoms with E-state index in [9.17, 15) is 9.90 Å². The molecule has 2 atom stereocenters. The first kappa shape index (κ1) is 16.1. The number of para-hydroxylation sites is 1. The molecule has 0 radical (unpaired) electrons. The molecule has 3 aromatic rings. The normalized spacial score (nSPS) is 21.6. The number of ketones is 1. The van der Waals surface area contributed by atoms with Crippen LogP contribution in [0, 0.1) is 0 Å². The van der Waals surface area contributed by atoms with Gasteiger partial charge in [-0.25, -0.2) is 9.67 Å². The van der Waals surface area contributed by atoms with Gasteiger partial charge < -0.3 is 9.84 Å². The van der Waals surface area contributed by atoms with Crippen molar-refractivity contribution in [3.05, 3.63) is 76.3 Å². The average molecular weight is 376 g/mol. The second kappa shape index (κ2) is 5.84. The monoisotopic (exact) mass is 375 g/mol. The third kappa shape index (κ3) is 2.33. The Labute approximate surface area is 152 Å². The lowest BCUT2D eigenvalue weighted by atomic mass is 9.93. The van der Waals surface area contributed by atoms with E-state index in [-0.39, 0.29) is 10.6 Å². The molecule has 0 saturated carbocycles. The highest BCUT2D eigenvalue weighted by molar-refractivity contribution is 6.37. The number of aliphatic hydroxyl groups is 1. The Bertz CT molecular complexity index is 962. The molecule has 0 saturated heterocycles. The number of halogens is 2. The minimum atomic E-state index is -1.84. The van der Waals surface area contributed by atoms with Gasteiger partial charge in [0.15, 0.2) is 6.10 Å². The number of rotatable bonds is 3. The molecule has 1 aliphatic rings. The first-order chi connectivity index (χ1) is 12.0. The van der Waals surface area contributed by atoms with Crippen LogP contribution in [-0.2, 0) is 5.72 Å². The van der Waals surface area contributed by atoms with Gasteiger partial charge in [-0.05, 0) is 24.3 Å². The zero-order valence-corrected chi connectivity index (χ0v) is 14.1. The molecule has 0 aliphatic carbocycles. The zero-order valence-electron chi connectivity index (χ0n) is 12.6. The van der Waals surface area contributed by atoms with Crippen LogP contribution in [0.2, 0.25) is 10.0 Å². The van der Waals surface area contributed by atoms with Crippen LogP contribution < -0.4 is 4.74 Å². The van der Waals surface area contributed by atoms with Crippen LogP contribution in [0.25, 0.3) is 0 Å². The van der Waals surface area contributed by atoms with Gasteiger partial charge in [0.05, 0.1) is 5.02 Å². The molecule has 8 heteroatoms. The summed E-state index contributed by atoms with van der Waals surface area (Å²) in [5.74, 6) is -0.160. The minimum absolute atomic E-state index is 0.156. The number of aromatic nitrogens is 3. The Hall–Kier alpha value is -2.41. The second-order valence-electron chi connectivity index (χ2n) is 5.53. The highest BCUT2D eigenvalue weighted by atomic mass is 35.5. The van der Waals surface area contributed by atoms with Crippen molar-refractivity contribution in [1.82, 2.24) is 14.8 Å². The fraction of sp³-hybridized carbons (Fsp3) is 0.118. The molecule has 1 aliphatic heterocycles. The molecule has 25 heavy (non-hydrogen) atoms. The van der Waals surface area contributed by atoms with Gasteiger partial charge in [-0.15, -0.1) is 0 Å². The third-order valence-corrected chi connectivity index (χ3v) is 4.66. The molecule has 0 fully saturated rings. The van der Waals surface area contributed by atoms with Crippen molar-refractivity contribution < 1.29 is 14.6 Å². The van der Waals surface area contributed by atoms with Crippen molar-refractivity contribution in [3.8, 4) is 5.75 Å². The molecule has 1 N–H and O–H groups in total. The van der Waals surface area contributed by atoms with Crippen LogP contribution in [0.3, 0.4) is 0 Å². The average Bonchev–Trinajstić information content (AvgIpc) is 3.22. The summed E-state index contributed by atoms with van der Waals surface area (Å²) in [6.07, 6.45) is 1.29. The number of aliphatic hydroxyl groups excluding tert-OH is 1. The Morgan fingerprint density at radius 1 is 1.24 bits per heavy atom. The van der Waals surface area contributed by atoms with E-state index in [0.717, 1.165) is 0 Å². The van der Waals surface area contributed by atoms with Gasteiger partial charge in [0, 0.05) is 16.1 Å². The Kier molecular flexibility index (Phi) is 3.76. The van der Waals surface area contributed by atoms with Crippen LogP contribution in [0.5, 0.6) is 5.75 Å². The predicted octanol–water partition coefficient (Wildman–Crippen LogP) is 3.25. The van der Waals surface area contributed by atoms with Crippen molar-refractivity contribution in [3.63, 3.8) is 0 Å². The van der Waals surface area contributed by atoms with Gasteiger partial charge in [0.1, 0.15) is 18.4 Å². The van der Waals surface area contributed by atoms with E-state index >= 15 is 0 Å². The maximum absolute atomic E-state index is 13.4. The SMILES string of the molecule is O=C(c1ccc(Cl)cc1Cl)[C@]1(n2cncn2)Oc2ccccc2[C@H]1O. The number of fused-ring (bicyclic) bond motifs is 1. The number of Topliss-reactive ketones (excluding diaryl/α,β-unsaturated/α-hetero) is 1. The second-order valence-corrected chi connectivity index (χ2v) is 6.38. The van der Waals surface area contributed by atoms with Crippen LogP contribution in [0.15, 0.2) is 55.1 Å².